The summed E-state index contributed by atoms with van der Waals surface area (Å²) < 4.78 is 10.2. The van der Waals surface area contributed by atoms with E-state index in [0.29, 0.717) is 12.6 Å². The fourth-order valence-electron chi connectivity index (χ4n) is 1.35. The van der Waals surface area contributed by atoms with Gasteiger partial charge in [-0.3, -0.25) is 0 Å². The predicted molar refractivity (Wildman–Crippen MR) is 70.2 cm³/mol. The van der Waals surface area contributed by atoms with Crippen LogP contribution in [0.2, 0.25) is 5.28 Å². The van der Waals surface area contributed by atoms with E-state index in [-0.39, 0.29) is 11.3 Å². The maximum Gasteiger partial charge on any atom is 0.322 e. The van der Waals surface area contributed by atoms with Gasteiger partial charge in [0.05, 0.1) is 6.61 Å². The lowest BCUT2D eigenvalue weighted by molar-refractivity contribution is 0.192. The fourth-order valence-corrected chi connectivity index (χ4v) is 1.51. The molecule has 0 amide bonds. The molecule has 0 aliphatic heterocycles. The van der Waals surface area contributed by atoms with Crippen molar-refractivity contribution in [1.82, 2.24) is 15.0 Å². The zero-order valence-corrected chi connectivity index (χ0v) is 11.5. The van der Waals surface area contributed by atoms with E-state index in [0.717, 1.165) is 32.4 Å². The van der Waals surface area contributed by atoms with Gasteiger partial charge in [0.2, 0.25) is 11.2 Å². The van der Waals surface area contributed by atoms with Crippen molar-refractivity contribution in [1.29, 1.82) is 0 Å². The summed E-state index contributed by atoms with van der Waals surface area (Å²) >= 11 is 5.77. The molecule has 102 valence electrons. The van der Waals surface area contributed by atoms with Crippen LogP contribution in [0.15, 0.2) is 0 Å². The summed E-state index contributed by atoms with van der Waals surface area (Å²) in [5.74, 6) is 0.449. The molecule has 0 saturated heterocycles. The molecule has 1 rings (SSSR count). The molecule has 18 heavy (non-hydrogen) atoms. The molecule has 0 aliphatic rings. The molecule has 0 bridgehead atoms. The Morgan fingerprint density at radius 2 is 2.00 bits per heavy atom. The maximum atomic E-state index is 5.77. The van der Waals surface area contributed by atoms with E-state index in [9.17, 15) is 0 Å². The molecule has 0 saturated carbocycles. The Labute approximate surface area is 112 Å². The molecule has 1 heterocycles. The highest BCUT2D eigenvalue weighted by Crippen LogP contribution is 2.11. The average Bonchev–Trinajstić information content (AvgIpc) is 2.33. The number of hydrogen-bond donors (Lipinski definition) is 1. The molecule has 0 unspecified atom stereocenters. The van der Waals surface area contributed by atoms with Crippen LogP contribution in [0.3, 0.4) is 0 Å². The van der Waals surface area contributed by atoms with Gasteiger partial charge < -0.3 is 14.8 Å². The first-order valence-electron chi connectivity index (χ1n) is 6.03. The van der Waals surface area contributed by atoms with Crippen LogP contribution in [-0.2, 0) is 4.74 Å². The summed E-state index contributed by atoms with van der Waals surface area (Å²) in [6.07, 6.45) is 3.18. The van der Waals surface area contributed by atoms with Crippen LogP contribution < -0.4 is 10.1 Å². The van der Waals surface area contributed by atoms with Gasteiger partial charge >= 0.3 is 6.01 Å². The van der Waals surface area contributed by atoms with Crippen LogP contribution in [0.25, 0.3) is 0 Å². The number of hydrogen-bond acceptors (Lipinski definition) is 6. The van der Waals surface area contributed by atoms with E-state index < -0.39 is 0 Å². The molecule has 0 fully saturated rings. The number of ether oxygens (including phenoxy) is 2. The Balaban J connectivity index is 2.32. The highest BCUT2D eigenvalue weighted by atomic mass is 35.5. The number of anilines is 1. The molecule has 0 aliphatic carbocycles. The summed E-state index contributed by atoms with van der Waals surface area (Å²) in [6, 6.07) is 0.249. The predicted octanol–water partition coefficient (Wildman–Crippen LogP) is 2.15. The van der Waals surface area contributed by atoms with Gasteiger partial charge in [-0.15, -0.1) is 0 Å². The van der Waals surface area contributed by atoms with Gasteiger partial charge in [-0.25, -0.2) is 0 Å². The topological polar surface area (TPSA) is 69.2 Å². The normalized spacial score (nSPS) is 10.4. The lowest BCUT2D eigenvalue weighted by atomic mass is 10.2. The second-order valence-electron chi connectivity index (χ2n) is 3.62. The Bertz CT molecular complexity index is 352. The maximum absolute atomic E-state index is 5.77. The highest BCUT2D eigenvalue weighted by Gasteiger charge is 2.04. The minimum absolute atomic E-state index is 0.135. The number of aromatic nitrogens is 3. The van der Waals surface area contributed by atoms with Crippen molar-refractivity contribution in [3.8, 4) is 6.01 Å². The molecule has 6 nitrogen and oxygen atoms in total. The first-order valence-corrected chi connectivity index (χ1v) is 6.41. The third-order valence-corrected chi connectivity index (χ3v) is 2.34. The quantitative estimate of drug-likeness (QED) is 0.696. The van der Waals surface area contributed by atoms with Crippen LogP contribution in [0.5, 0.6) is 6.01 Å². The zero-order chi connectivity index (χ0) is 13.2. The van der Waals surface area contributed by atoms with E-state index in [1.807, 2.05) is 6.92 Å². The van der Waals surface area contributed by atoms with Crippen molar-refractivity contribution in [2.45, 2.75) is 26.2 Å². The van der Waals surface area contributed by atoms with E-state index in [1.54, 1.807) is 7.11 Å². The molecule has 0 aromatic carbocycles. The van der Waals surface area contributed by atoms with Crippen LogP contribution in [0.4, 0.5) is 5.95 Å². The van der Waals surface area contributed by atoms with E-state index in [1.165, 1.54) is 0 Å². The Hall–Kier alpha value is -1.14. The van der Waals surface area contributed by atoms with E-state index >= 15 is 0 Å². The van der Waals surface area contributed by atoms with Crippen molar-refractivity contribution in [3.05, 3.63) is 5.28 Å². The Morgan fingerprint density at radius 1 is 1.17 bits per heavy atom. The molecule has 0 spiro atoms. The van der Waals surface area contributed by atoms with Gasteiger partial charge in [0.25, 0.3) is 0 Å². The standard InChI is InChI=1S/C11H19ClN4O2/c1-3-18-11-15-9(12)14-10(16-11)13-7-5-4-6-8-17-2/h3-8H2,1-2H3,(H,13,14,15,16). The molecule has 7 heteroatoms. The summed E-state index contributed by atoms with van der Waals surface area (Å²) in [4.78, 5) is 11.9. The van der Waals surface area contributed by atoms with Crippen LogP contribution >= 0.6 is 11.6 Å². The third-order valence-electron chi connectivity index (χ3n) is 2.17. The minimum Gasteiger partial charge on any atom is -0.464 e. The lowest BCUT2D eigenvalue weighted by Gasteiger charge is -2.06. The Kier molecular flexibility index (Phi) is 7.36. The molecule has 0 radical (unpaired) electrons. The smallest absolute Gasteiger partial charge is 0.322 e. The van der Waals surface area contributed by atoms with Crippen LogP contribution in [-0.4, -0.2) is 41.8 Å². The molecule has 1 aromatic heterocycles. The summed E-state index contributed by atoms with van der Waals surface area (Å²) in [5.41, 5.74) is 0. The van der Waals surface area contributed by atoms with Gasteiger partial charge in [0, 0.05) is 20.3 Å². The molecular formula is C11H19ClN4O2. The Morgan fingerprint density at radius 3 is 2.72 bits per heavy atom. The van der Waals surface area contributed by atoms with Crippen LogP contribution in [0, 0.1) is 0 Å². The number of halogens is 1. The zero-order valence-electron chi connectivity index (χ0n) is 10.8. The SMILES string of the molecule is CCOc1nc(Cl)nc(NCCCCCOC)n1. The van der Waals surface area contributed by atoms with Crippen molar-refractivity contribution in [2.24, 2.45) is 0 Å². The number of nitrogens with zero attached hydrogens (tertiary/aromatic N) is 3. The minimum atomic E-state index is 0.135. The first kappa shape index (κ1) is 14.9. The van der Waals surface area contributed by atoms with Crippen molar-refractivity contribution in [2.75, 3.05) is 32.2 Å². The van der Waals surface area contributed by atoms with Gasteiger partial charge in [-0.2, -0.15) is 15.0 Å². The third kappa shape index (κ3) is 5.97. The van der Waals surface area contributed by atoms with Crippen LogP contribution in [0.1, 0.15) is 26.2 Å². The molecule has 1 aromatic rings. The average molecular weight is 275 g/mol. The van der Waals surface area contributed by atoms with Crippen molar-refractivity contribution < 1.29 is 9.47 Å². The monoisotopic (exact) mass is 274 g/mol. The first-order chi connectivity index (χ1) is 8.76. The fraction of sp³-hybridized carbons (Fsp3) is 0.727. The van der Waals surface area contributed by atoms with Gasteiger partial charge in [0.15, 0.2) is 0 Å². The number of unbranched alkanes of at least 4 members (excludes halogenated alkanes) is 2. The summed E-state index contributed by atoms with van der Waals surface area (Å²) in [6.45, 7) is 3.94. The van der Waals surface area contributed by atoms with Gasteiger partial charge in [-0.1, -0.05) is 0 Å². The largest absolute Gasteiger partial charge is 0.464 e. The number of nitrogens with one attached hydrogen (secondary N) is 1. The van der Waals surface area contributed by atoms with E-state index in [2.05, 4.69) is 20.3 Å². The summed E-state index contributed by atoms with van der Waals surface area (Å²) in [5, 5.41) is 3.23. The van der Waals surface area contributed by atoms with E-state index in [4.69, 9.17) is 21.1 Å². The molecule has 0 atom stereocenters. The number of rotatable bonds is 9. The molecule has 1 N–H and O–H groups in total. The van der Waals surface area contributed by atoms with Gasteiger partial charge in [0.1, 0.15) is 0 Å². The van der Waals surface area contributed by atoms with Gasteiger partial charge in [-0.05, 0) is 37.8 Å². The second kappa shape index (κ2) is 8.88. The van der Waals surface area contributed by atoms with Crippen molar-refractivity contribution in [3.63, 3.8) is 0 Å². The number of methoxy groups -OCH3 is 1. The van der Waals surface area contributed by atoms with Crippen molar-refractivity contribution >= 4 is 17.5 Å². The highest BCUT2D eigenvalue weighted by molar-refractivity contribution is 6.28. The summed E-state index contributed by atoms with van der Waals surface area (Å²) in [7, 11) is 1.71. The second-order valence-corrected chi connectivity index (χ2v) is 3.96. The molecular weight excluding hydrogens is 256 g/mol. The lowest BCUT2D eigenvalue weighted by Crippen LogP contribution is -2.08.